The molecule has 0 aliphatic heterocycles. The first-order chi connectivity index (χ1) is 17.0. The van der Waals surface area contributed by atoms with Gasteiger partial charge in [-0.05, 0) is 60.7 Å². The molecule has 0 radical (unpaired) electrons. The fraction of sp³-hybridized carbons (Fsp3) is 0.103. The number of nitrogens with one attached hydrogen (secondary N) is 1. The quantitative estimate of drug-likeness (QED) is 0.336. The second-order valence-corrected chi connectivity index (χ2v) is 8.45. The predicted octanol–water partition coefficient (Wildman–Crippen LogP) is 6.00. The van der Waals surface area contributed by atoms with Crippen LogP contribution in [0.4, 0.5) is 11.4 Å². The van der Waals surface area contributed by atoms with Gasteiger partial charge in [0.2, 0.25) is 0 Å². The molecule has 0 aliphatic rings. The molecule has 0 spiro atoms. The molecule has 0 aliphatic carbocycles. The Balaban J connectivity index is 1.50. The number of fused-ring (bicyclic) bond motifs is 1. The maximum absolute atomic E-state index is 13.0. The number of methoxy groups -OCH3 is 1. The van der Waals surface area contributed by atoms with E-state index in [0.29, 0.717) is 5.56 Å². The van der Waals surface area contributed by atoms with Crippen molar-refractivity contribution in [3.63, 3.8) is 0 Å². The lowest BCUT2D eigenvalue weighted by atomic mass is 10.1. The van der Waals surface area contributed by atoms with Crippen molar-refractivity contribution in [3.8, 4) is 28.4 Å². The van der Waals surface area contributed by atoms with Crippen molar-refractivity contribution in [3.05, 3.63) is 103 Å². The van der Waals surface area contributed by atoms with Crippen LogP contribution in [0, 0.1) is 0 Å². The minimum Gasteiger partial charge on any atom is -0.497 e. The molecule has 2 heterocycles. The molecule has 35 heavy (non-hydrogen) atoms. The molecule has 1 amide bonds. The highest BCUT2D eigenvalue weighted by molar-refractivity contribution is 6.05. The molecule has 2 aromatic heterocycles. The highest BCUT2D eigenvalue weighted by Gasteiger charge is 2.16. The Kier molecular flexibility index (Phi) is 5.94. The molecule has 6 heteroatoms. The Bertz CT molecular complexity index is 1500. The number of rotatable bonds is 6. The molecule has 3 aromatic carbocycles. The van der Waals surface area contributed by atoms with Gasteiger partial charge in [-0.2, -0.15) is 0 Å². The van der Waals surface area contributed by atoms with Crippen LogP contribution < -0.4 is 15.0 Å². The van der Waals surface area contributed by atoms with Crippen molar-refractivity contribution in [1.29, 1.82) is 0 Å². The summed E-state index contributed by atoms with van der Waals surface area (Å²) in [4.78, 5) is 20.0. The summed E-state index contributed by atoms with van der Waals surface area (Å²) in [7, 11) is 5.62. The van der Waals surface area contributed by atoms with Gasteiger partial charge in [-0.15, -0.1) is 0 Å². The number of pyridine rings is 1. The highest BCUT2D eigenvalue weighted by atomic mass is 16.5. The maximum atomic E-state index is 13.0. The second-order valence-electron chi connectivity index (χ2n) is 8.45. The summed E-state index contributed by atoms with van der Waals surface area (Å²) in [6.07, 6.45) is 1.99. The molecular formula is C29H26N4O2. The summed E-state index contributed by atoms with van der Waals surface area (Å²) in [6.45, 7) is 0. The largest absolute Gasteiger partial charge is 0.497 e. The van der Waals surface area contributed by atoms with Gasteiger partial charge in [0.05, 0.1) is 18.3 Å². The third-order valence-corrected chi connectivity index (χ3v) is 5.92. The van der Waals surface area contributed by atoms with E-state index in [1.165, 1.54) is 0 Å². The van der Waals surface area contributed by atoms with Gasteiger partial charge >= 0.3 is 0 Å². The smallest absolute Gasteiger partial charge is 0.255 e. The average Bonchev–Trinajstić information content (AvgIpc) is 3.29. The van der Waals surface area contributed by atoms with Crippen LogP contribution in [0.25, 0.3) is 28.2 Å². The molecular weight excluding hydrogens is 436 g/mol. The Hall–Kier alpha value is -4.58. The minimum absolute atomic E-state index is 0.168. The van der Waals surface area contributed by atoms with Gasteiger partial charge in [-0.3, -0.25) is 9.20 Å². The predicted molar refractivity (Wildman–Crippen MR) is 141 cm³/mol. The third-order valence-electron chi connectivity index (χ3n) is 5.92. The van der Waals surface area contributed by atoms with Crippen LogP contribution in [0.5, 0.6) is 5.75 Å². The van der Waals surface area contributed by atoms with Gasteiger partial charge in [-0.25, -0.2) is 4.98 Å². The number of nitrogens with zero attached hydrogens (tertiary/aromatic N) is 3. The van der Waals surface area contributed by atoms with E-state index in [0.717, 1.165) is 45.3 Å². The molecule has 0 fully saturated rings. The number of hydrogen-bond donors (Lipinski definition) is 1. The van der Waals surface area contributed by atoms with E-state index < -0.39 is 0 Å². The highest BCUT2D eigenvalue weighted by Crippen LogP contribution is 2.31. The van der Waals surface area contributed by atoms with E-state index >= 15 is 0 Å². The van der Waals surface area contributed by atoms with E-state index in [1.807, 2.05) is 121 Å². The fourth-order valence-corrected chi connectivity index (χ4v) is 4.07. The van der Waals surface area contributed by atoms with Crippen molar-refractivity contribution < 1.29 is 9.53 Å². The van der Waals surface area contributed by atoms with Crippen LogP contribution in [0.1, 0.15) is 10.4 Å². The van der Waals surface area contributed by atoms with Gasteiger partial charge in [0.25, 0.3) is 5.91 Å². The Labute approximate surface area is 204 Å². The number of hydrogen-bond acceptors (Lipinski definition) is 4. The molecule has 5 aromatic rings. The summed E-state index contributed by atoms with van der Waals surface area (Å²) >= 11 is 0. The van der Waals surface area contributed by atoms with E-state index in [9.17, 15) is 4.79 Å². The average molecular weight is 463 g/mol. The third kappa shape index (κ3) is 4.46. The van der Waals surface area contributed by atoms with Crippen LogP contribution >= 0.6 is 0 Å². The Morgan fingerprint density at radius 1 is 0.886 bits per heavy atom. The monoisotopic (exact) mass is 462 g/mol. The lowest BCUT2D eigenvalue weighted by Crippen LogP contribution is -2.12. The maximum Gasteiger partial charge on any atom is 0.255 e. The fourth-order valence-electron chi connectivity index (χ4n) is 4.07. The topological polar surface area (TPSA) is 58.9 Å². The molecule has 1 N–H and O–H groups in total. The molecule has 0 atom stereocenters. The molecule has 0 saturated carbocycles. The van der Waals surface area contributed by atoms with Crippen molar-refractivity contribution in [1.82, 2.24) is 9.38 Å². The van der Waals surface area contributed by atoms with Crippen molar-refractivity contribution >= 4 is 22.8 Å². The zero-order valence-electron chi connectivity index (χ0n) is 19.9. The number of carbonyl (C=O) groups excluding carboxylic acids is 1. The Morgan fingerprint density at radius 3 is 2.43 bits per heavy atom. The van der Waals surface area contributed by atoms with Gasteiger partial charge < -0.3 is 15.0 Å². The van der Waals surface area contributed by atoms with Gasteiger partial charge in [0.15, 0.2) is 0 Å². The zero-order chi connectivity index (χ0) is 24.4. The SMILES string of the molecule is COc1cccc(-c2nc(-c3cccc(C(=O)Nc4ccc(N(C)C)cc4)c3)n3ccccc23)c1. The number of aromatic nitrogens is 2. The first-order valence-corrected chi connectivity index (χ1v) is 11.3. The van der Waals surface area contributed by atoms with E-state index in [4.69, 9.17) is 9.72 Å². The van der Waals surface area contributed by atoms with Crippen molar-refractivity contribution in [2.24, 2.45) is 0 Å². The minimum atomic E-state index is -0.168. The van der Waals surface area contributed by atoms with Crippen LogP contribution in [0.2, 0.25) is 0 Å². The van der Waals surface area contributed by atoms with E-state index in [2.05, 4.69) is 5.32 Å². The number of carbonyl (C=O) groups is 1. The van der Waals surface area contributed by atoms with Crippen LogP contribution in [0.3, 0.4) is 0 Å². The zero-order valence-corrected chi connectivity index (χ0v) is 19.9. The lowest BCUT2D eigenvalue weighted by molar-refractivity contribution is 0.102. The van der Waals surface area contributed by atoms with Gasteiger partial charge in [0, 0.05) is 48.4 Å². The van der Waals surface area contributed by atoms with Gasteiger partial charge in [0.1, 0.15) is 11.6 Å². The number of imidazole rings is 1. The molecule has 6 nitrogen and oxygen atoms in total. The first-order valence-electron chi connectivity index (χ1n) is 11.3. The molecule has 0 bridgehead atoms. The summed E-state index contributed by atoms with van der Waals surface area (Å²) in [5.41, 5.74) is 6.04. The lowest BCUT2D eigenvalue weighted by Gasteiger charge is -2.13. The number of ether oxygens (including phenoxy) is 1. The summed E-state index contributed by atoms with van der Waals surface area (Å²) in [6, 6.07) is 29.2. The van der Waals surface area contributed by atoms with E-state index in [-0.39, 0.29) is 5.91 Å². The number of benzene rings is 3. The Morgan fingerprint density at radius 2 is 1.66 bits per heavy atom. The normalized spacial score (nSPS) is 10.8. The summed E-state index contributed by atoms with van der Waals surface area (Å²) in [5.74, 6) is 1.38. The van der Waals surface area contributed by atoms with Crippen LogP contribution in [-0.2, 0) is 0 Å². The standard InChI is InChI=1S/C29H26N4O2/c1-32(2)24-15-13-23(14-16-24)30-29(34)22-10-6-9-21(18-22)28-31-27(26-12-4-5-17-33(26)28)20-8-7-11-25(19-20)35-3/h4-19H,1-3H3,(H,30,34). The summed E-state index contributed by atoms with van der Waals surface area (Å²) < 4.78 is 7.45. The van der Waals surface area contributed by atoms with Crippen LogP contribution in [0.15, 0.2) is 97.2 Å². The number of amides is 1. The van der Waals surface area contributed by atoms with E-state index in [1.54, 1.807) is 7.11 Å². The number of anilines is 2. The first kappa shape index (κ1) is 22.2. The second kappa shape index (κ2) is 9.35. The van der Waals surface area contributed by atoms with Crippen molar-refractivity contribution in [2.45, 2.75) is 0 Å². The molecule has 0 saturated heterocycles. The van der Waals surface area contributed by atoms with Crippen molar-refractivity contribution in [2.75, 3.05) is 31.4 Å². The molecule has 5 rings (SSSR count). The molecule has 174 valence electrons. The van der Waals surface area contributed by atoms with Crippen LogP contribution in [-0.4, -0.2) is 36.5 Å². The molecule has 0 unspecified atom stereocenters. The summed E-state index contributed by atoms with van der Waals surface area (Å²) in [5, 5.41) is 2.99. The van der Waals surface area contributed by atoms with Gasteiger partial charge in [-0.1, -0.05) is 30.3 Å².